The molecule has 46 heavy (non-hydrogen) atoms. The van der Waals surface area contributed by atoms with Crippen molar-refractivity contribution in [3.63, 3.8) is 0 Å². The van der Waals surface area contributed by atoms with Crippen LogP contribution in [0.15, 0.2) is 60.9 Å². The average molecular weight is 641 g/mol. The molecule has 1 unspecified atom stereocenters. The number of hydrogen-bond donors (Lipinski definition) is 0. The zero-order chi connectivity index (χ0) is 33.0. The fraction of sp³-hybridized carbons (Fsp3) is 0.553. The van der Waals surface area contributed by atoms with E-state index in [-0.39, 0.29) is 12.0 Å². The normalized spacial score (nSPS) is 12.2. The third-order valence-corrected chi connectivity index (χ3v) is 8.17. The number of halogens is 3. The van der Waals surface area contributed by atoms with Crippen molar-refractivity contribution < 1.29 is 27.4 Å². The molecule has 1 atom stereocenters. The van der Waals surface area contributed by atoms with Gasteiger partial charge in [-0.15, -0.1) is 0 Å². The van der Waals surface area contributed by atoms with Crippen LogP contribution < -0.4 is 4.74 Å². The Labute approximate surface area is 273 Å². The quantitative estimate of drug-likeness (QED) is 0.0808. The first kappa shape index (κ1) is 37.0. The molecule has 8 heteroatoms. The number of alkyl halides is 3. The van der Waals surface area contributed by atoms with Crippen LogP contribution in [0.5, 0.6) is 5.75 Å². The molecule has 0 spiro atoms. The predicted octanol–water partition coefficient (Wildman–Crippen LogP) is 11.6. The molecular formula is C38H51F3N2O3. The van der Waals surface area contributed by atoms with E-state index in [1.807, 2.05) is 24.3 Å². The van der Waals surface area contributed by atoms with Crippen LogP contribution in [-0.2, 0) is 4.74 Å². The van der Waals surface area contributed by atoms with E-state index in [1.54, 1.807) is 24.5 Å². The van der Waals surface area contributed by atoms with Crippen molar-refractivity contribution >= 4 is 5.97 Å². The number of benzene rings is 2. The lowest BCUT2D eigenvalue weighted by Crippen LogP contribution is -2.33. The highest BCUT2D eigenvalue weighted by molar-refractivity contribution is 5.90. The second-order valence-electron chi connectivity index (χ2n) is 12.1. The molecule has 0 amide bonds. The van der Waals surface area contributed by atoms with Gasteiger partial charge in [-0.1, -0.05) is 122 Å². The summed E-state index contributed by atoms with van der Waals surface area (Å²) in [5.74, 6) is 0.293. The minimum atomic E-state index is -4.60. The van der Waals surface area contributed by atoms with E-state index in [2.05, 4.69) is 23.8 Å². The van der Waals surface area contributed by atoms with Gasteiger partial charge in [0.2, 0.25) is 0 Å². The maximum absolute atomic E-state index is 13.5. The topological polar surface area (TPSA) is 61.3 Å². The van der Waals surface area contributed by atoms with E-state index in [4.69, 9.17) is 9.47 Å². The Bertz CT molecular complexity index is 1250. The van der Waals surface area contributed by atoms with Crippen LogP contribution in [0.4, 0.5) is 13.2 Å². The first-order chi connectivity index (χ1) is 22.3. The van der Waals surface area contributed by atoms with Crippen molar-refractivity contribution in [1.29, 1.82) is 0 Å². The molecule has 0 radical (unpaired) electrons. The third kappa shape index (κ3) is 13.5. The van der Waals surface area contributed by atoms with Gasteiger partial charge in [-0.25, -0.2) is 14.8 Å². The Morgan fingerprint density at radius 2 is 1.15 bits per heavy atom. The summed E-state index contributed by atoms with van der Waals surface area (Å²) in [6.45, 7) is 5.05. The van der Waals surface area contributed by atoms with Gasteiger partial charge in [-0.05, 0) is 49.1 Å². The number of esters is 1. The number of carbonyl (C=O) groups is 1. The monoisotopic (exact) mass is 640 g/mol. The van der Waals surface area contributed by atoms with E-state index in [0.29, 0.717) is 30.8 Å². The first-order valence-corrected chi connectivity index (χ1v) is 17.2. The zero-order valence-corrected chi connectivity index (χ0v) is 27.6. The lowest BCUT2D eigenvalue weighted by molar-refractivity contribution is -0.206. The van der Waals surface area contributed by atoms with Gasteiger partial charge in [-0.2, -0.15) is 13.2 Å². The Morgan fingerprint density at radius 1 is 0.652 bits per heavy atom. The summed E-state index contributed by atoms with van der Waals surface area (Å²) < 4.78 is 51.4. The SMILES string of the molecule is CCCCCCCCCCCOc1ccc(-c2cnc(-c3ccc(C(=O)OC(CCCCCCCC)C(F)(F)F)cc3)nc2)cc1. The third-order valence-electron chi connectivity index (χ3n) is 8.17. The van der Waals surface area contributed by atoms with E-state index in [9.17, 15) is 18.0 Å². The standard InChI is InChI=1S/C38H51F3N2O3/c1-3-5-7-9-11-12-13-15-17-27-45-34-25-23-30(24-26-34)33-28-42-36(43-29-33)31-19-21-32(22-20-31)37(44)46-35(38(39,40)41)18-16-14-10-8-6-4-2/h19-26,28-29,35H,3-18,27H2,1-2H3. The van der Waals surface area contributed by atoms with Crippen LogP contribution in [0.2, 0.25) is 0 Å². The van der Waals surface area contributed by atoms with Gasteiger partial charge in [0, 0.05) is 23.5 Å². The van der Waals surface area contributed by atoms with Gasteiger partial charge >= 0.3 is 12.1 Å². The molecule has 252 valence electrons. The van der Waals surface area contributed by atoms with Crippen molar-refractivity contribution in [3.8, 4) is 28.3 Å². The van der Waals surface area contributed by atoms with Gasteiger partial charge in [0.1, 0.15) is 5.75 Å². The number of unbranched alkanes of at least 4 members (excludes halogenated alkanes) is 13. The molecule has 0 aliphatic heterocycles. The van der Waals surface area contributed by atoms with Gasteiger partial charge in [-0.3, -0.25) is 0 Å². The molecule has 0 N–H and O–H groups in total. The average Bonchev–Trinajstić information content (AvgIpc) is 3.06. The Morgan fingerprint density at radius 3 is 1.70 bits per heavy atom. The van der Waals surface area contributed by atoms with Crippen molar-refractivity contribution in [2.45, 2.75) is 129 Å². The summed E-state index contributed by atoms with van der Waals surface area (Å²) >= 11 is 0. The predicted molar refractivity (Wildman–Crippen MR) is 179 cm³/mol. The molecule has 1 aromatic heterocycles. The number of hydrogen-bond acceptors (Lipinski definition) is 5. The second kappa shape index (κ2) is 20.7. The van der Waals surface area contributed by atoms with Crippen LogP contribution >= 0.6 is 0 Å². The van der Waals surface area contributed by atoms with E-state index in [1.165, 1.54) is 63.5 Å². The lowest BCUT2D eigenvalue weighted by Gasteiger charge is -2.20. The van der Waals surface area contributed by atoms with E-state index in [0.717, 1.165) is 49.0 Å². The van der Waals surface area contributed by atoms with Gasteiger partial charge in [0.25, 0.3) is 0 Å². The van der Waals surface area contributed by atoms with Crippen LogP contribution in [-0.4, -0.2) is 34.8 Å². The molecule has 0 saturated carbocycles. The molecule has 0 fully saturated rings. The van der Waals surface area contributed by atoms with Gasteiger partial charge in [0.05, 0.1) is 12.2 Å². The maximum atomic E-state index is 13.5. The van der Waals surface area contributed by atoms with E-state index < -0.39 is 18.2 Å². The molecule has 0 saturated heterocycles. The smallest absolute Gasteiger partial charge is 0.425 e. The van der Waals surface area contributed by atoms with Crippen molar-refractivity contribution in [1.82, 2.24) is 9.97 Å². The fourth-order valence-electron chi connectivity index (χ4n) is 5.32. The largest absolute Gasteiger partial charge is 0.494 e. The number of nitrogens with zero attached hydrogens (tertiary/aromatic N) is 2. The summed E-state index contributed by atoms with van der Waals surface area (Å²) in [4.78, 5) is 21.5. The van der Waals surface area contributed by atoms with Crippen LogP contribution in [0, 0.1) is 0 Å². The number of ether oxygens (including phenoxy) is 2. The molecule has 0 bridgehead atoms. The van der Waals surface area contributed by atoms with Crippen molar-refractivity contribution in [3.05, 3.63) is 66.5 Å². The molecule has 0 aliphatic carbocycles. The maximum Gasteiger partial charge on any atom is 0.425 e. The molecule has 5 nitrogen and oxygen atoms in total. The number of carbonyl (C=O) groups excluding carboxylic acids is 1. The lowest BCUT2D eigenvalue weighted by atomic mass is 10.1. The van der Waals surface area contributed by atoms with Gasteiger partial charge < -0.3 is 9.47 Å². The number of rotatable bonds is 22. The molecule has 0 aliphatic rings. The minimum absolute atomic E-state index is 0.0534. The molecule has 3 rings (SSSR count). The zero-order valence-electron chi connectivity index (χ0n) is 27.6. The Balaban J connectivity index is 1.44. The van der Waals surface area contributed by atoms with Crippen LogP contribution in [0.25, 0.3) is 22.5 Å². The summed E-state index contributed by atoms with van der Waals surface area (Å²) in [5.41, 5.74) is 2.50. The second-order valence-corrected chi connectivity index (χ2v) is 12.1. The summed E-state index contributed by atoms with van der Waals surface area (Å²) in [6.07, 6.45) is 13.1. The first-order valence-electron chi connectivity index (χ1n) is 17.2. The highest BCUT2D eigenvalue weighted by Gasteiger charge is 2.42. The fourth-order valence-corrected chi connectivity index (χ4v) is 5.32. The minimum Gasteiger partial charge on any atom is -0.494 e. The molecular weight excluding hydrogens is 589 g/mol. The van der Waals surface area contributed by atoms with Gasteiger partial charge in [0.15, 0.2) is 11.9 Å². The van der Waals surface area contributed by atoms with Crippen LogP contribution in [0.3, 0.4) is 0 Å². The highest BCUT2D eigenvalue weighted by atomic mass is 19.4. The summed E-state index contributed by atoms with van der Waals surface area (Å²) in [6, 6.07) is 14.0. The summed E-state index contributed by atoms with van der Waals surface area (Å²) in [7, 11) is 0. The van der Waals surface area contributed by atoms with Crippen molar-refractivity contribution in [2.24, 2.45) is 0 Å². The summed E-state index contributed by atoms with van der Waals surface area (Å²) in [5, 5.41) is 0. The molecule has 1 heterocycles. The molecule has 3 aromatic rings. The van der Waals surface area contributed by atoms with Crippen molar-refractivity contribution in [2.75, 3.05) is 6.61 Å². The highest BCUT2D eigenvalue weighted by Crippen LogP contribution is 2.29. The van der Waals surface area contributed by atoms with E-state index >= 15 is 0 Å². The molecule has 2 aromatic carbocycles. The Hall–Kier alpha value is -3.42. The van der Waals surface area contributed by atoms with Crippen LogP contribution in [0.1, 0.15) is 127 Å². The Kier molecular flexibility index (Phi) is 16.6. The number of aromatic nitrogens is 2.